The number of anilines is 1. The number of pyridine rings is 1. The van der Waals surface area contributed by atoms with Crippen LogP contribution in [-0.2, 0) is 4.79 Å². The van der Waals surface area contributed by atoms with Gasteiger partial charge < -0.3 is 10.2 Å². The number of carbonyl (C=O) groups excluding carboxylic acids is 1. The number of nitrogens with one attached hydrogen (secondary N) is 1. The van der Waals surface area contributed by atoms with Crippen LogP contribution >= 0.6 is 0 Å². The highest BCUT2D eigenvalue weighted by Crippen LogP contribution is 2.27. The van der Waals surface area contributed by atoms with Crippen molar-refractivity contribution in [3.8, 4) is 6.07 Å². The Morgan fingerprint density at radius 1 is 1.36 bits per heavy atom. The molecule has 2 saturated heterocycles. The summed E-state index contributed by atoms with van der Waals surface area (Å²) >= 11 is 0. The molecule has 1 aromatic heterocycles. The molecule has 0 bridgehead atoms. The van der Waals surface area contributed by atoms with Gasteiger partial charge >= 0.3 is 0 Å². The van der Waals surface area contributed by atoms with Crippen LogP contribution in [0, 0.1) is 17.1 Å². The van der Waals surface area contributed by atoms with Crippen LogP contribution in [-0.4, -0.2) is 65.1 Å². The number of rotatable bonds is 4. The fourth-order valence-corrected chi connectivity index (χ4v) is 4.04. The van der Waals surface area contributed by atoms with E-state index in [-0.39, 0.29) is 37.3 Å². The highest BCUT2D eigenvalue weighted by molar-refractivity contribution is 5.91. The monoisotopic (exact) mass is 385 g/mol. The molecule has 28 heavy (non-hydrogen) atoms. The van der Waals surface area contributed by atoms with E-state index in [1.54, 1.807) is 18.3 Å². The van der Waals surface area contributed by atoms with Crippen LogP contribution in [0.15, 0.2) is 30.5 Å². The summed E-state index contributed by atoms with van der Waals surface area (Å²) in [4.78, 5) is 20.0. The van der Waals surface area contributed by atoms with Crippen molar-refractivity contribution in [3.05, 3.63) is 36.3 Å². The number of hydrogen-bond donors (Lipinski definition) is 1. The number of carbonyl (C=O) groups is 1. The molecule has 8 heteroatoms. The minimum atomic E-state index is -1.13. The fourth-order valence-electron chi connectivity index (χ4n) is 4.04. The van der Waals surface area contributed by atoms with Gasteiger partial charge in [0.2, 0.25) is 5.91 Å². The van der Waals surface area contributed by atoms with E-state index in [0.29, 0.717) is 24.3 Å². The van der Waals surface area contributed by atoms with Gasteiger partial charge in [0.05, 0.1) is 30.4 Å². The second kappa shape index (κ2) is 7.68. The lowest BCUT2D eigenvalue weighted by atomic mass is 10.1. The van der Waals surface area contributed by atoms with Gasteiger partial charge in [-0.05, 0) is 30.7 Å². The fraction of sp³-hybridized carbons (Fsp3) is 0.450. The quantitative estimate of drug-likeness (QED) is 0.875. The van der Waals surface area contributed by atoms with Crippen LogP contribution < -0.4 is 5.32 Å². The van der Waals surface area contributed by atoms with E-state index in [2.05, 4.69) is 10.3 Å². The molecule has 0 aliphatic carbocycles. The van der Waals surface area contributed by atoms with Crippen molar-refractivity contribution in [2.75, 3.05) is 31.5 Å². The lowest BCUT2D eigenvalue weighted by molar-refractivity contribution is -0.132. The van der Waals surface area contributed by atoms with Crippen LogP contribution in [0.3, 0.4) is 0 Å². The number of nitrogens with zero attached hydrogens (tertiary/aromatic N) is 4. The number of alkyl halides is 1. The van der Waals surface area contributed by atoms with Gasteiger partial charge in [0.25, 0.3) is 0 Å². The molecule has 2 aliphatic heterocycles. The number of hydrogen-bond acceptors (Lipinski definition) is 5. The van der Waals surface area contributed by atoms with Gasteiger partial charge in [-0.1, -0.05) is 0 Å². The average Bonchev–Trinajstić information content (AvgIpc) is 3.30. The molecular weight excluding hydrogens is 364 g/mol. The van der Waals surface area contributed by atoms with Crippen molar-refractivity contribution in [1.29, 1.82) is 5.26 Å². The number of benzene rings is 1. The van der Waals surface area contributed by atoms with Crippen LogP contribution in [0.5, 0.6) is 0 Å². The predicted octanol–water partition coefficient (Wildman–Crippen LogP) is 2.32. The Morgan fingerprint density at radius 2 is 2.21 bits per heavy atom. The standard InChI is InChI=1S/C20H21F2N5O/c21-13-8-15(9-23)27(10-13)19(28)12-26-7-5-14(11-26)25-20-16-2-1-6-24-18(16)4-3-17(20)22/h1-4,6,13-15,25H,5,7-8,10-12H2/t13-,14+,15-/m0/s1. The van der Waals surface area contributed by atoms with Crippen molar-refractivity contribution in [3.63, 3.8) is 0 Å². The molecule has 3 atom stereocenters. The summed E-state index contributed by atoms with van der Waals surface area (Å²) in [5, 5.41) is 13.1. The molecule has 146 valence electrons. The van der Waals surface area contributed by atoms with Crippen molar-refractivity contribution >= 4 is 22.5 Å². The summed E-state index contributed by atoms with van der Waals surface area (Å²) in [6, 6.07) is 7.95. The van der Waals surface area contributed by atoms with Gasteiger partial charge in [0.1, 0.15) is 18.0 Å². The highest BCUT2D eigenvalue weighted by Gasteiger charge is 2.36. The Bertz CT molecular complexity index is 930. The van der Waals surface area contributed by atoms with Crippen LogP contribution in [0.2, 0.25) is 0 Å². The van der Waals surface area contributed by atoms with E-state index in [1.807, 2.05) is 17.0 Å². The van der Waals surface area contributed by atoms with E-state index in [4.69, 9.17) is 5.26 Å². The van der Waals surface area contributed by atoms with Crippen LogP contribution in [0.4, 0.5) is 14.5 Å². The number of aromatic nitrogens is 1. The lowest BCUT2D eigenvalue weighted by Crippen LogP contribution is -2.42. The number of nitriles is 1. The number of halogens is 2. The van der Waals surface area contributed by atoms with Crippen molar-refractivity contribution in [1.82, 2.24) is 14.8 Å². The van der Waals surface area contributed by atoms with E-state index in [9.17, 15) is 13.6 Å². The average molecular weight is 385 g/mol. The van der Waals surface area contributed by atoms with E-state index in [1.165, 1.54) is 11.0 Å². The Morgan fingerprint density at radius 3 is 3.04 bits per heavy atom. The zero-order valence-electron chi connectivity index (χ0n) is 15.3. The third kappa shape index (κ3) is 3.62. The first-order valence-corrected chi connectivity index (χ1v) is 9.40. The molecule has 4 rings (SSSR count). The highest BCUT2D eigenvalue weighted by atomic mass is 19.1. The molecule has 0 saturated carbocycles. The molecule has 1 N–H and O–H groups in total. The van der Waals surface area contributed by atoms with Gasteiger partial charge in [-0.25, -0.2) is 8.78 Å². The molecule has 0 spiro atoms. The largest absolute Gasteiger partial charge is 0.378 e. The Labute approximate surface area is 161 Å². The summed E-state index contributed by atoms with van der Waals surface area (Å²) in [5.74, 6) is -0.564. The van der Waals surface area contributed by atoms with E-state index >= 15 is 0 Å². The minimum absolute atomic E-state index is 0.00706. The van der Waals surface area contributed by atoms with Gasteiger partial charge in [-0.3, -0.25) is 14.7 Å². The maximum Gasteiger partial charge on any atom is 0.237 e. The smallest absolute Gasteiger partial charge is 0.237 e. The number of fused-ring (bicyclic) bond motifs is 1. The van der Waals surface area contributed by atoms with E-state index < -0.39 is 12.2 Å². The summed E-state index contributed by atoms with van der Waals surface area (Å²) in [7, 11) is 0. The molecule has 1 amide bonds. The molecule has 2 aromatic rings. The molecule has 6 nitrogen and oxygen atoms in total. The summed E-state index contributed by atoms with van der Waals surface area (Å²) < 4.78 is 27.9. The SMILES string of the molecule is N#C[C@@H]1C[C@H](F)CN1C(=O)CN1CC[C@@H](Nc2c(F)ccc3ncccc23)C1. The van der Waals surface area contributed by atoms with Crippen molar-refractivity contribution in [2.24, 2.45) is 0 Å². The third-order valence-electron chi connectivity index (χ3n) is 5.43. The second-order valence-electron chi connectivity index (χ2n) is 7.38. The summed E-state index contributed by atoms with van der Waals surface area (Å²) in [6.07, 6.45) is 1.38. The second-order valence-corrected chi connectivity index (χ2v) is 7.38. The van der Waals surface area contributed by atoms with Crippen molar-refractivity contribution in [2.45, 2.75) is 31.1 Å². The Balaban J connectivity index is 1.40. The molecule has 0 radical (unpaired) electrons. The predicted molar refractivity (Wildman–Crippen MR) is 101 cm³/mol. The van der Waals surface area contributed by atoms with Gasteiger partial charge in [-0.15, -0.1) is 0 Å². The zero-order valence-corrected chi connectivity index (χ0v) is 15.3. The first-order chi connectivity index (χ1) is 13.5. The molecule has 3 heterocycles. The molecular formula is C20H21F2N5O. The normalized spacial score (nSPS) is 25.2. The van der Waals surface area contributed by atoms with E-state index in [0.717, 1.165) is 11.8 Å². The van der Waals surface area contributed by atoms with Gasteiger partial charge in [0, 0.05) is 37.1 Å². The van der Waals surface area contributed by atoms with Crippen molar-refractivity contribution < 1.29 is 13.6 Å². The topological polar surface area (TPSA) is 72.3 Å². The summed E-state index contributed by atoms with van der Waals surface area (Å²) in [5.41, 5.74) is 1.14. The molecule has 2 aliphatic rings. The Hall–Kier alpha value is -2.79. The molecule has 1 aromatic carbocycles. The van der Waals surface area contributed by atoms with Gasteiger partial charge in [-0.2, -0.15) is 5.26 Å². The Kier molecular flexibility index (Phi) is 5.09. The van der Waals surface area contributed by atoms with Gasteiger partial charge in [0.15, 0.2) is 0 Å². The first kappa shape index (κ1) is 18.6. The third-order valence-corrected chi connectivity index (χ3v) is 5.43. The molecule has 0 unspecified atom stereocenters. The maximum absolute atomic E-state index is 14.4. The van der Waals surface area contributed by atoms with Crippen LogP contribution in [0.1, 0.15) is 12.8 Å². The summed E-state index contributed by atoms with van der Waals surface area (Å²) in [6.45, 7) is 1.38. The zero-order chi connectivity index (χ0) is 19.7. The molecule has 2 fully saturated rings. The van der Waals surface area contributed by atoms with Crippen LogP contribution in [0.25, 0.3) is 10.9 Å². The number of amides is 1. The first-order valence-electron chi connectivity index (χ1n) is 9.40. The number of likely N-dealkylation sites (tertiary alicyclic amines) is 2. The minimum Gasteiger partial charge on any atom is -0.378 e. The maximum atomic E-state index is 14.4. The lowest BCUT2D eigenvalue weighted by Gasteiger charge is -2.23.